The Morgan fingerprint density at radius 1 is 1.85 bits per heavy atom. The zero-order chi connectivity index (χ0) is 9.84. The molecule has 0 bridgehead atoms. The molecule has 0 saturated heterocycles. The molecule has 0 aromatic carbocycles. The minimum atomic E-state index is -0.242. The van der Waals surface area contributed by atoms with Gasteiger partial charge in [0.05, 0.1) is 12.3 Å². The van der Waals surface area contributed by atoms with E-state index in [1.54, 1.807) is 18.4 Å². The molecule has 4 nitrogen and oxygen atoms in total. The van der Waals surface area contributed by atoms with Crippen molar-refractivity contribution in [2.24, 2.45) is 0 Å². The summed E-state index contributed by atoms with van der Waals surface area (Å²) in [5.41, 5.74) is 6.03. The van der Waals surface area contributed by atoms with Crippen molar-refractivity contribution in [2.75, 3.05) is 12.3 Å². The van der Waals surface area contributed by atoms with Gasteiger partial charge in [-0.3, -0.25) is 4.79 Å². The zero-order valence-electron chi connectivity index (χ0n) is 7.28. The van der Waals surface area contributed by atoms with E-state index in [-0.39, 0.29) is 18.6 Å². The summed E-state index contributed by atoms with van der Waals surface area (Å²) < 4.78 is 0. The van der Waals surface area contributed by atoms with Crippen LogP contribution in [0.4, 0.5) is 5.69 Å². The lowest BCUT2D eigenvalue weighted by molar-refractivity contribution is 0.0927. The highest BCUT2D eigenvalue weighted by molar-refractivity contribution is 7.12. The van der Waals surface area contributed by atoms with Crippen LogP contribution >= 0.6 is 11.3 Å². The average molecular weight is 200 g/mol. The van der Waals surface area contributed by atoms with Crippen LogP contribution < -0.4 is 11.1 Å². The van der Waals surface area contributed by atoms with Crippen LogP contribution in [-0.4, -0.2) is 23.7 Å². The van der Waals surface area contributed by atoms with Gasteiger partial charge in [0.1, 0.15) is 4.88 Å². The van der Waals surface area contributed by atoms with Gasteiger partial charge in [-0.15, -0.1) is 11.3 Å². The van der Waals surface area contributed by atoms with Gasteiger partial charge >= 0.3 is 0 Å². The van der Waals surface area contributed by atoms with Crippen molar-refractivity contribution in [2.45, 2.75) is 13.0 Å². The van der Waals surface area contributed by atoms with Gasteiger partial charge in [-0.25, -0.2) is 0 Å². The molecule has 0 unspecified atom stereocenters. The first kappa shape index (κ1) is 10.0. The lowest BCUT2D eigenvalue weighted by atomic mass is 10.3. The van der Waals surface area contributed by atoms with Gasteiger partial charge in [0, 0.05) is 6.04 Å². The Morgan fingerprint density at radius 2 is 2.54 bits per heavy atom. The molecule has 4 N–H and O–H groups in total. The van der Waals surface area contributed by atoms with E-state index < -0.39 is 0 Å². The first-order valence-corrected chi connectivity index (χ1v) is 4.77. The SMILES string of the molecule is C[C@H](CO)NC(=O)c1sccc1N. The molecule has 0 aliphatic heterocycles. The number of thiophene rings is 1. The van der Waals surface area contributed by atoms with Crippen LogP contribution in [0.15, 0.2) is 11.4 Å². The molecule has 0 aliphatic carbocycles. The molecule has 1 aromatic rings. The van der Waals surface area contributed by atoms with Crippen molar-refractivity contribution in [1.29, 1.82) is 0 Å². The molecular formula is C8H12N2O2S. The largest absolute Gasteiger partial charge is 0.397 e. The predicted molar refractivity (Wildman–Crippen MR) is 52.7 cm³/mol. The second kappa shape index (κ2) is 4.25. The van der Waals surface area contributed by atoms with Gasteiger partial charge in [0.2, 0.25) is 0 Å². The fourth-order valence-electron chi connectivity index (χ4n) is 0.839. The van der Waals surface area contributed by atoms with E-state index in [2.05, 4.69) is 5.32 Å². The number of aliphatic hydroxyl groups is 1. The Bertz CT molecular complexity index is 298. The zero-order valence-corrected chi connectivity index (χ0v) is 8.10. The topological polar surface area (TPSA) is 75.3 Å². The quantitative estimate of drug-likeness (QED) is 0.662. The highest BCUT2D eigenvalue weighted by Gasteiger charge is 2.12. The van der Waals surface area contributed by atoms with Crippen molar-refractivity contribution in [3.05, 3.63) is 16.3 Å². The summed E-state index contributed by atoms with van der Waals surface area (Å²) in [6.07, 6.45) is 0. The average Bonchev–Trinajstić information content (AvgIpc) is 2.51. The summed E-state index contributed by atoms with van der Waals surface area (Å²) in [6.45, 7) is 1.65. The van der Waals surface area contributed by atoms with E-state index >= 15 is 0 Å². The highest BCUT2D eigenvalue weighted by Crippen LogP contribution is 2.18. The second-order valence-electron chi connectivity index (χ2n) is 2.76. The van der Waals surface area contributed by atoms with Crippen LogP contribution in [0.1, 0.15) is 16.6 Å². The molecular weight excluding hydrogens is 188 g/mol. The fraction of sp³-hybridized carbons (Fsp3) is 0.375. The van der Waals surface area contributed by atoms with E-state index in [9.17, 15) is 4.79 Å². The van der Waals surface area contributed by atoms with Crippen LogP contribution in [0.2, 0.25) is 0 Å². The minimum absolute atomic E-state index is 0.0724. The number of rotatable bonds is 3. The monoisotopic (exact) mass is 200 g/mol. The third-order valence-electron chi connectivity index (χ3n) is 1.55. The van der Waals surface area contributed by atoms with Gasteiger partial charge in [-0.1, -0.05) is 0 Å². The standard InChI is InChI=1S/C8H12N2O2S/c1-5(4-11)10-8(12)7-6(9)2-3-13-7/h2-3,5,11H,4,9H2,1H3,(H,10,12)/t5-/m1/s1. The Morgan fingerprint density at radius 3 is 3.00 bits per heavy atom. The molecule has 1 atom stereocenters. The molecule has 13 heavy (non-hydrogen) atoms. The Kier molecular flexibility index (Phi) is 3.27. The number of hydrogen-bond donors (Lipinski definition) is 3. The summed E-state index contributed by atoms with van der Waals surface area (Å²) in [4.78, 5) is 11.9. The minimum Gasteiger partial charge on any atom is -0.397 e. The van der Waals surface area contributed by atoms with Gasteiger partial charge < -0.3 is 16.2 Å². The number of carbonyl (C=O) groups excluding carboxylic acids is 1. The van der Waals surface area contributed by atoms with Crippen molar-refractivity contribution >= 4 is 22.9 Å². The van der Waals surface area contributed by atoms with Crippen LogP contribution in [-0.2, 0) is 0 Å². The maximum absolute atomic E-state index is 11.4. The van der Waals surface area contributed by atoms with Crippen LogP contribution in [0.5, 0.6) is 0 Å². The van der Waals surface area contributed by atoms with Crippen molar-refractivity contribution in [3.8, 4) is 0 Å². The number of nitrogens with one attached hydrogen (secondary N) is 1. The first-order valence-electron chi connectivity index (χ1n) is 3.90. The van der Waals surface area contributed by atoms with E-state index in [1.807, 2.05) is 0 Å². The lowest BCUT2D eigenvalue weighted by Gasteiger charge is -2.09. The lowest BCUT2D eigenvalue weighted by Crippen LogP contribution is -2.34. The molecule has 5 heteroatoms. The molecule has 1 rings (SSSR count). The van der Waals surface area contributed by atoms with E-state index in [1.165, 1.54) is 11.3 Å². The molecule has 1 amide bonds. The molecule has 72 valence electrons. The summed E-state index contributed by atoms with van der Waals surface area (Å²) in [6, 6.07) is 1.44. The van der Waals surface area contributed by atoms with Gasteiger partial charge in [0.25, 0.3) is 5.91 Å². The van der Waals surface area contributed by atoms with Crippen LogP contribution in [0, 0.1) is 0 Å². The first-order chi connectivity index (χ1) is 6.15. The maximum atomic E-state index is 11.4. The van der Waals surface area contributed by atoms with Crippen LogP contribution in [0.3, 0.4) is 0 Å². The number of carbonyl (C=O) groups is 1. The van der Waals surface area contributed by atoms with Gasteiger partial charge in [0.15, 0.2) is 0 Å². The molecule has 0 saturated carbocycles. The second-order valence-corrected chi connectivity index (χ2v) is 3.68. The molecule has 0 radical (unpaired) electrons. The van der Waals surface area contributed by atoms with Gasteiger partial charge in [-0.05, 0) is 18.4 Å². The van der Waals surface area contributed by atoms with Gasteiger partial charge in [-0.2, -0.15) is 0 Å². The third kappa shape index (κ3) is 2.43. The fourth-order valence-corrected chi connectivity index (χ4v) is 1.56. The number of aliphatic hydroxyl groups excluding tert-OH is 1. The van der Waals surface area contributed by atoms with E-state index in [4.69, 9.17) is 10.8 Å². The number of nitrogens with two attached hydrogens (primary N) is 1. The summed E-state index contributed by atoms with van der Waals surface area (Å²) >= 11 is 1.29. The third-order valence-corrected chi connectivity index (χ3v) is 2.48. The number of hydrogen-bond acceptors (Lipinski definition) is 4. The molecule has 1 heterocycles. The smallest absolute Gasteiger partial charge is 0.263 e. The summed E-state index contributed by atoms with van der Waals surface area (Å²) in [5.74, 6) is -0.228. The highest BCUT2D eigenvalue weighted by atomic mass is 32.1. The van der Waals surface area contributed by atoms with E-state index in [0.29, 0.717) is 10.6 Å². The predicted octanol–water partition coefficient (Wildman–Crippen LogP) is 0.441. The maximum Gasteiger partial charge on any atom is 0.263 e. The molecule has 1 aromatic heterocycles. The summed E-state index contributed by atoms with van der Waals surface area (Å²) in [7, 11) is 0. The summed E-state index contributed by atoms with van der Waals surface area (Å²) in [5, 5.41) is 13.1. The van der Waals surface area contributed by atoms with Crippen LogP contribution in [0.25, 0.3) is 0 Å². The Balaban J connectivity index is 2.64. The normalized spacial score (nSPS) is 12.5. The Hall–Kier alpha value is -1.07. The van der Waals surface area contributed by atoms with Crippen molar-refractivity contribution in [3.63, 3.8) is 0 Å². The van der Waals surface area contributed by atoms with Crippen molar-refractivity contribution in [1.82, 2.24) is 5.32 Å². The molecule has 0 spiro atoms. The van der Waals surface area contributed by atoms with Crippen molar-refractivity contribution < 1.29 is 9.90 Å². The number of anilines is 1. The van der Waals surface area contributed by atoms with E-state index in [0.717, 1.165) is 0 Å². The number of amides is 1. The molecule has 0 aliphatic rings. The molecule has 0 fully saturated rings. The Labute approximate surface area is 80.4 Å². The number of nitrogen functional groups attached to an aromatic ring is 1.